The van der Waals surface area contributed by atoms with Gasteiger partial charge in [0.05, 0.1) is 18.9 Å². The van der Waals surface area contributed by atoms with Crippen molar-refractivity contribution in [1.29, 1.82) is 0 Å². The molecule has 2 N–H and O–H groups in total. The minimum absolute atomic E-state index is 0.00823. The lowest BCUT2D eigenvalue weighted by Crippen LogP contribution is -2.42. The van der Waals surface area contributed by atoms with Crippen molar-refractivity contribution < 1.29 is 14.3 Å². The lowest BCUT2D eigenvalue weighted by atomic mass is 10.00. The lowest BCUT2D eigenvalue weighted by Gasteiger charge is -2.22. The Hall–Kier alpha value is -2.93. The van der Waals surface area contributed by atoms with Crippen molar-refractivity contribution in [3.63, 3.8) is 0 Å². The van der Waals surface area contributed by atoms with Crippen LogP contribution in [0, 0.1) is 5.92 Å². The Morgan fingerprint density at radius 1 is 1.12 bits per heavy atom. The molecule has 4 rings (SSSR count). The molecule has 0 saturated carbocycles. The molecule has 2 atom stereocenters. The molecule has 2 aromatic rings. The molecule has 0 unspecified atom stereocenters. The van der Waals surface area contributed by atoms with Crippen molar-refractivity contribution in [2.45, 2.75) is 44.7 Å². The number of aromatic nitrogens is 1. The number of pyridine rings is 1. The SMILES string of the molecule is CN1C[C@@H](NC(=O)Cc2ccncc2)CC[C@@H](C(=O)NCc2ccc3c(c2)CCCO3)C1. The quantitative estimate of drug-likeness (QED) is 0.725. The largest absolute Gasteiger partial charge is 0.493 e. The number of likely N-dealkylation sites (N-methyl/N-ethyl adjacent to an activating group) is 1. The average molecular weight is 437 g/mol. The molecule has 0 aliphatic carbocycles. The number of fused-ring (bicyclic) bond motifs is 1. The second kappa shape index (κ2) is 10.6. The Morgan fingerprint density at radius 3 is 2.81 bits per heavy atom. The Kier molecular flexibility index (Phi) is 7.37. The van der Waals surface area contributed by atoms with Gasteiger partial charge in [0.2, 0.25) is 11.8 Å². The molecule has 7 nitrogen and oxygen atoms in total. The summed E-state index contributed by atoms with van der Waals surface area (Å²) in [5.74, 6) is 0.972. The van der Waals surface area contributed by atoms with E-state index in [2.05, 4.69) is 26.6 Å². The fourth-order valence-electron chi connectivity index (χ4n) is 4.57. The molecule has 0 bridgehead atoms. The third-order valence-corrected chi connectivity index (χ3v) is 6.22. The number of aryl methyl sites for hydroxylation is 1. The molecular weight excluding hydrogens is 404 g/mol. The Bertz CT molecular complexity index is 934. The fourth-order valence-corrected chi connectivity index (χ4v) is 4.57. The standard InChI is InChI=1S/C25H32N4O3/c1-29-16-21(5-6-22(17-29)28-24(30)14-18-8-10-26-11-9-18)25(31)27-15-19-4-7-23-20(13-19)3-2-12-32-23/h4,7-11,13,21-22H,2-3,5-6,12,14-17H2,1H3,(H,27,31)(H,28,30)/t21-,22+/m1/s1. The number of carbonyl (C=O) groups excluding carboxylic acids is 2. The maximum Gasteiger partial charge on any atom is 0.224 e. The van der Waals surface area contributed by atoms with Crippen LogP contribution in [0.25, 0.3) is 0 Å². The van der Waals surface area contributed by atoms with Crippen molar-refractivity contribution in [3.8, 4) is 5.75 Å². The number of benzene rings is 1. The van der Waals surface area contributed by atoms with E-state index < -0.39 is 0 Å². The van der Waals surface area contributed by atoms with Crippen LogP contribution in [-0.2, 0) is 29.0 Å². The summed E-state index contributed by atoms with van der Waals surface area (Å²) in [7, 11) is 2.01. The summed E-state index contributed by atoms with van der Waals surface area (Å²) >= 11 is 0. The molecule has 7 heteroatoms. The van der Waals surface area contributed by atoms with Gasteiger partial charge in [-0.05, 0) is 67.6 Å². The van der Waals surface area contributed by atoms with E-state index in [4.69, 9.17) is 4.74 Å². The van der Waals surface area contributed by atoms with E-state index in [0.717, 1.165) is 55.7 Å². The zero-order chi connectivity index (χ0) is 22.3. The molecular formula is C25H32N4O3. The second-order valence-electron chi connectivity index (χ2n) is 8.90. The topological polar surface area (TPSA) is 83.6 Å². The predicted molar refractivity (Wildman–Crippen MR) is 122 cm³/mol. The van der Waals surface area contributed by atoms with E-state index in [1.165, 1.54) is 5.56 Å². The van der Waals surface area contributed by atoms with Gasteiger partial charge in [-0.3, -0.25) is 14.6 Å². The van der Waals surface area contributed by atoms with Crippen LogP contribution < -0.4 is 15.4 Å². The Labute approximate surface area is 189 Å². The zero-order valence-electron chi connectivity index (χ0n) is 18.7. The molecule has 1 aromatic heterocycles. The molecule has 1 aromatic carbocycles. The van der Waals surface area contributed by atoms with Crippen molar-refractivity contribution >= 4 is 11.8 Å². The highest BCUT2D eigenvalue weighted by Crippen LogP contribution is 2.25. The molecule has 1 fully saturated rings. The van der Waals surface area contributed by atoms with E-state index in [1.54, 1.807) is 12.4 Å². The van der Waals surface area contributed by atoms with Crippen LogP contribution in [0.3, 0.4) is 0 Å². The lowest BCUT2D eigenvalue weighted by molar-refractivity contribution is -0.125. The first-order valence-electron chi connectivity index (χ1n) is 11.5. The number of likely N-dealkylation sites (tertiary alicyclic amines) is 1. The van der Waals surface area contributed by atoms with Crippen LogP contribution in [0.4, 0.5) is 0 Å². The zero-order valence-corrected chi connectivity index (χ0v) is 18.7. The highest BCUT2D eigenvalue weighted by molar-refractivity contribution is 5.79. The molecule has 170 valence electrons. The number of nitrogens with zero attached hydrogens (tertiary/aromatic N) is 2. The highest BCUT2D eigenvalue weighted by Gasteiger charge is 2.27. The summed E-state index contributed by atoms with van der Waals surface area (Å²) in [4.78, 5) is 31.4. The van der Waals surface area contributed by atoms with E-state index in [9.17, 15) is 9.59 Å². The first-order valence-corrected chi connectivity index (χ1v) is 11.5. The van der Waals surface area contributed by atoms with Crippen LogP contribution >= 0.6 is 0 Å². The highest BCUT2D eigenvalue weighted by atomic mass is 16.5. The maximum atomic E-state index is 12.9. The van der Waals surface area contributed by atoms with Gasteiger partial charge in [-0.15, -0.1) is 0 Å². The summed E-state index contributed by atoms with van der Waals surface area (Å²) in [5, 5.41) is 6.25. The normalized spacial score (nSPS) is 21.0. The van der Waals surface area contributed by atoms with Crippen LogP contribution in [0.1, 0.15) is 36.0 Å². The van der Waals surface area contributed by atoms with E-state index in [0.29, 0.717) is 19.5 Å². The fraction of sp³-hybridized carbons (Fsp3) is 0.480. The molecule has 0 radical (unpaired) electrons. The molecule has 1 saturated heterocycles. The van der Waals surface area contributed by atoms with Gasteiger partial charge in [-0.25, -0.2) is 0 Å². The van der Waals surface area contributed by atoms with Gasteiger partial charge in [0, 0.05) is 38.1 Å². The number of hydrogen-bond acceptors (Lipinski definition) is 5. The average Bonchev–Trinajstić information content (AvgIpc) is 2.98. The summed E-state index contributed by atoms with van der Waals surface area (Å²) in [5.41, 5.74) is 3.28. The predicted octanol–water partition coefficient (Wildman–Crippen LogP) is 2.09. The first-order chi connectivity index (χ1) is 15.6. The van der Waals surface area contributed by atoms with Crippen LogP contribution in [-0.4, -0.2) is 54.5 Å². The number of hydrogen-bond donors (Lipinski definition) is 2. The van der Waals surface area contributed by atoms with Gasteiger partial charge < -0.3 is 20.3 Å². The monoisotopic (exact) mass is 436 g/mol. The molecule has 2 aliphatic rings. The number of rotatable bonds is 6. The second-order valence-corrected chi connectivity index (χ2v) is 8.90. The minimum Gasteiger partial charge on any atom is -0.493 e. The number of amides is 2. The Morgan fingerprint density at radius 2 is 1.97 bits per heavy atom. The molecule has 32 heavy (non-hydrogen) atoms. The first kappa shape index (κ1) is 22.3. The van der Waals surface area contributed by atoms with Gasteiger partial charge in [-0.1, -0.05) is 12.1 Å². The van der Waals surface area contributed by atoms with Gasteiger partial charge in [0.15, 0.2) is 0 Å². The Balaban J connectivity index is 1.26. The summed E-state index contributed by atoms with van der Waals surface area (Å²) < 4.78 is 5.67. The third-order valence-electron chi connectivity index (χ3n) is 6.22. The molecule has 0 spiro atoms. The summed E-state index contributed by atoms with van der Waals surface area (Å²) in [6.45, 7) is 2.75. The van der Waals surface area contributed by atoms with Crippen molar-refractivity contribution in [2.75, 3.05) is 26.7 Å². The number of nitrogens with one attached hydrogen (secondary N) is 2. The third kappa shape index (κ3) is 6.07. The number of ether oxygens (including phenoxy) is 1. The van der Waals surface area contributed by atoms with Gasteiger partial charge in [-0.2, -0.15) is 0 Å². The maximum absolute atomic E-state index is 12.9. The molecule has 2 amide bonds. The molecule has 2 aliphatic heterocycles. The van der Waals surface area contributed by atoms with Crippen molar-refractivity contribution in [3.05, 3.63) is 59.4 Å². The van der Waals surface area contributed by atoms with Gasteiger partial charge >= 0.3 is 0 Å². The van der Waals surface area contributed by atoms with E-state index >= 15 is 0 Å². The number of carbonyl (C=O) groups is 2. The minimum atomic E-state index is -0.0805. The van der Waals surface area contributed by atoms with Crippen molar-refractivity contribution in [2.24, 2.45) is 5.92 Å². The van der Waals surface area contributed by atoms with E-state index in [-0.39, 0.29) is 23.8 Å². The smallest absolute Gasteiger partial charge is 0.224 e. The summed E-state index contributed by atoms with van der Waals surface area (Å²) in [6, 6.07) is 9.94. The molecule has 3 heterocycles. The van der Waals surface area contributed by atoms with Crippen LogP contribution in [0.15, 0.2) is 42.7 Å². The van der Waals surface area contributed by atoms with Gasteiger partial charge in [0.1, 0.15) is 5.75 Å². The van der Waals surface area contributed by atoms with Gasteiger partial charge in [0.25, 0.3) is 0 Å². The van der Waals surface area contributed by atoms with Crippen LogP contribution in [0.5, 0.6) is 5.75 Å². The summed E-state index contributed by atoms with van der Waals surface area (Å²) in [6.07, 6.45) is 7.36. The van der Waals surface area contributed by atoms with Crippen LogP contribution in [0.2, 0.25) is 0 Å². The van der Waals surface area contributed by atoms with Crippen molar-refractivity contribution in [1.82, 2.24) is 20.5 Å². The van der Waals surface area contributed by atoms with E-state index in [1.807, 2.05) is 31.3 Å².